The highest BCUT2D eigenvalue weighted by molar-refractivity contribution is 6.05. The molecule has 5 rings (SSSR count). The second kappa shape index (κ2) is 8.32. The summed E-state index contributed by atoms with van der Waals surface area (Å²) in [5.74, 6) is 0.842. The number of carbonyl (C=O) groups is 2. The summed E-state index contributed by atoms with van der Waals surface area (Å²) in [5, 5.41) is 0. The number of ketones is 1. The standard InChI is InChI=1S/C27H34N2O4/c1-17-15-28(12-13-29(17)19-6-5-7-20(14-19)32-4)16-22-21-8-10-27(3)11-9-23(30)18(2)24(27)25(21)33-26(22)31/h5-7,9,11,14,17,21-22,25H,8,10,12-13,15-16H2,1-4H3/t17-,21-,22-,25+,27-/m1/s1. The molecule has 6 nitrogen and oxygen atoms in total. The molecule has 1 aromatic rings. The van der Waals surface area contributed by atoms with Crippen molar-refractivity contribution >= 4 is 17.4 Å². The largest absolute Gasteiger partial charge is 0.497 e. The predicted molar refractivity (Wildman–Crippen MR) is 127 cm³/mol. The number of piperazine rings is 1. The number of allylic oxidation sites excluding steroid dienone is 3. The lowest BCUT2D eigenvalue weighted by molar-refractivity contribution is -0.144. The Morgan fingerprint density at radius 1 is 1.24 bits per heavy atom. The van der Waals surface area contributed by atoms with E-state index in [1.807, 2.05) is 25.1 Å². The summed E-state index contributed by atoms with van der Waals surface area (Å²) in [4.78, 5) is 30.2. The highest BCUT2D eigenvalue weighted by Crippen LogP contribution is 2.53. The number of methoxy groups -OCH3 is 1. The molecule has 0 aromatic heterocycles. The van der Waals surface area contributed by atoms with E-state index >= 15 is 0 Å². The van der Waals surface area contributed by atoms with E-state index in [4.69, 9.17) is 9.47 Å². The summed E-state index contributed by atoms with van der Waals surface area (Å²) in [6, 6.07) is 8.54. The number of nitrogens with zero attached hydrogens (tertiary/aromatic N) is 2. The molecular formula is C27H34N2O4. The van der Waals surface area contributed by atoms with E-state index in [1.54, 1.807) is 13.2 Å². The predicted octanol–water partition coefficient (Wildman–Crippen LogP) is 3.62. The first-order valence-electron chi connectivity index (χ1n) is 12.1. The van der Waals surface area contributed by atoms with Crippen LogP contribution in [0.4, 0.5) is 5.69 Å². The van der Waals surface area contributed by atoms with Gasteiger partial charge in [0.1, 0.15) is 11.9 Å². The van der Waals surface area contributed by atoms with Gasteiger partial charge in [-0.1, -0.05) is 19.1 Å². The highest BCUT2D eigenvalue weighted by Gasteiger charge is 2.54. The zero-order chi connectivity index (χ0) is 23.3. The van der Waals surface area contributed by atoms with Gasteiger partial charge in [-0.15, -0.1) is 0 Å². The summed E-state index contributed by atoms with van der Waals surface area (Å²) in [7, 11) is 1.69. The Balaban J connectivity index is 1.29. The Hall–Kier alpha value is -2.60. The first kappa shape index (κ1) is 22.2. The van der Waals surface area contributed by atoms with Crippen LogP contribution in [0.1, 0.15) is 33.6 Å². The van der Waals surface area contributed by atoms with Crippen molar-refractivity contribution in [1.29, 1.82) is 0 Å². The molecule has 0 amide bonds. The molecule has 2 aliphatic carbocycles. The fourth-order valence-electron chi connectivity index (χ4n) is 6.43. The minimum absolute atomic E-state index is 0.0464. The topological polar surface area (TPSA) is 59.1 Å². The first-order chi connectivity index (χ1) is 15.8. The number of rotatable bonds is 4. The van der Waals surface area contributed by atoms with E-state index in [0.29, 0.717) is 6.04 Å². The van der Waals surface area contributed by atoms with Gasteiger partial charge in [0.05, 0.1) is 13.0 Å². The van der Waals surface area contributed by atoms with E-state index in [9.17, 15) is 9.59 Å². The number of esters is 1. The maximum absolute atomic E-state index is 13.0. The van der Waals surface area contributed by atoms with E-state index in [2.05, 4.69) is 35.8 Å². The molecule has 6 heteroatoms. The highest BCUT2D eigenvalue weighted by atomic mass is 16.6. The molecule has 2 heterocycles. The fourth-order valence-corrected chi connectivity index (χ4v) is 6.43. The van der Waals surface area contributed by atoms with E-state index in [1.165, 1.54) is 5.69 Å². The van der Waals surface area contributed by atoms with Crippen LogP contribution >= 0.6 is 0 Å². The van der Waals surface area contributed by atoms with Crippen molar-refractivity contribution in [3.8, 4) is 5.75 Å². The Kier molecular flexibility index (Phi) is 5.60. The molecule has 0 radical (unpaired) electrons. The van der Waals surface area contributed by atoms with Gasteiger partial charge in [0.25, 0.3) is 0 Å². The molecular weight excluding hydrogens is 416 g/mol. The molecule has 1 saturated carbocycles. The Labute approximate surface area is 196 Å². The second-order valence-electron chi connectivity index (χ2n) is 10.3. The number of carbonyl (C=O) groups excluding carboxylic acids is 2. The van der Waals surface area contributed by atoms with Gasteiger partial charge in [-0.2, -0.15) is 0 Å². The molecule has 176 valence electrons. The normalized spacial score (nSPS) is 34.2. The minimum Gasteiger partial charge on any atom is -0.497 e. The third kappa shape index (κ3) is 3.78. The molecule has 0 bridgehead atoms. The van der Waals surface area contributed by atoms with Crippen molar-refractivity contribution in [2.75, 3.05) is 38.2 Å². The molecule has 2 saturated heterocycles. The maximum Gasteiger partial charge on any atom is 0.311 e. The van der Waals surface area contributed by atoms with Crippen LogP contribution in [0.5, 0.6) is 5.75 Å². The average molecular weight is 451 g/mol. The number of ether oxygens (including phenoxy) is 2. The average Bonchev–Trinajstić information content (AvgIpc) is 3.11. The smallest absolute Gasteiger partial charge is 0.311 e. The SMILES string of the molecule is COc1cccc(N2CCN(C[C@H]3C(=O)O[C@@H]4C5=C(C)C(=O)C=C[C@@]5(C)CC[C@@H]43)C[C@H]2C)c1. The number of benzene rings is 1. The molecule has 3 fully saturated rings. The van der Waals surface area contributed by atoms with Gasteiger partial charge in [0.15, 0.2) is 5.78 Å². The van der Waals surface area contributed by atoms with Gasteiger partial charge < -0.3 is 14.4 Å². The van der Waals surface area contributed by atoms with Crippen LogP contribution in [-0.2, 0) is 14.3 Å². The van der Waals surface area contributed by atoms with Gasteiger partial charge >= 0.3 is 5.97 Å². The molecule has 4 aliphatic rings. The zero-order valence-electron chi connectivity index (χ0n) is 20.0. The third-order valence-electron chi connectivity index (χ3n) is 8.28. The van der Waals surface area contributed by atoms with E-state index in [0.717, 1.165) is 55.9 Å². The van der Waals surface area contributed by atoms with E-state index in [-0.39, 0.29) is 35.1 Å². The van der Waals surface area contributed by atoms with Crippen LogP contribution in [0, 0.1) is 17.3 Å². The number of hydrogen-bond acceptors (Lipinski definition) is 6. The minimum atomic E-state index is -0.259. The molecule has 0 unspecified atom stereocenters. The van der Waals surface area contributed by atoms with Crippen molar-refractivity contribution in [1.82, 2.24) is 4.90 Å². The van der Waals surface area contributed by atoms with Crippen molar-refractivity contribution in [2.24, 2.45) is 17.3 Å². The van der Waals surface area contributed by atoms with Crippen molar-refractivity contribution in [3.05, 3.63) is 47.6 Å². The van der Waals surface area contributed by atoms with Crippen molar-refractivity contribution in [3.63, 3.8) is 0 Å². The van der Waals surface area contributed by atoms with Crippen LogP contribution in [0.3, 0.4) is 0 Å². The Morgan fingerprint density at radius 3 is 2.82 bits per heavy atom. The summed E-state index contributed by atoms with van der Waals surface area (Å²) >= 11 is 0. The lowest BCUT2D eigenvalue weighted by Gasteiger charge is -2.44. The molecule has 0 N–H and O–H groups in total. The first-order valence-corrected chi connectivity index (χ1v) is 12.1. The van der Waals surface area contributed by atoms with Crippen LogP contribution < -0.4 is 9.64 Å². The number of fused-ring (bicyclic) bond motifs is 3. The number of hydrogen-bond donors (Lipinski definition) is 0. The van der Waals surface area contributed by atoms with Gasteiger partial charge in [-0.3, -0.25) is 14.5 Å². The van der Waals surface area contributed by atoms with Gasteiger partial charge in [0.2, 0.25) is 0 Å². The van der Waals surface area contributed by atoms with Gasteiger partial charge in [0, 0.05) is 60.9 Å². The molecule has 1 aromatic carbocycles. The lowest BCUT2D eigenvalue weighted by atomic mass is 9.61. The molecule has 0 spiro atoms. The third-order valence-corrected chi connectivity index (χ3v) is 8.28. The maximum atomic E-state index is 13.0. The molecule has 5 atom stereocenters. The van der Waals surface area contributed by atoms with Gasteiger partial charge in [-0.25, -0.2) is 0 Å². The fraction of sp³-hybridized carbons (Fsp3) is 0.556. The van der Waals surface area contributed by atoms with Crippen LogP contribution in [0.15, 0.2) is 47.6 Å². The lowest BCUT2D eigenvalue weighted by Crippen LogP contribution is -2.53. The quantitative estimate of drug-likeness (QED) is 0.653. The monoisotopic (exact) mass is 450 g/mol. The summed E-state index contributed by atoms with van der Waals surface area (Å²) < 4.78 is 11.4. The Bertz CT molecular complexity index is 1030. The van der Waals surface area contributed by atoms with Crippen LogP contribution in [0.25, 0.3) is 0 Å². The van der Waals surface area contributed by atoms with Crippen LogP contribution in [0.2, 0.25) is 0 Å². The van der Waals surface area contributed by atoms with Crippen LogP contribution in [-0.4, -0.2) is 62.1 Å². The van der Waals surface area contributed by atoms with E-state index < -0.39 is 0 Å². The molecule has 2 aliphatic heterocycles. The summed E-state index contributed by atoms with van der Waals surface area (Å²) in [6.45, 7) is 9.74. The Morgan fingerprint density at radius 2 is 2.06 bits per heavy atom. The van der Waals surface area contributed by atoms with Crippen molar-refractivity contribution in [2.45, 2.75) is 45.8 Å². The zero-order valence-corrected chi connectivity index (χ0v) is 20.0. The number of anilines is 1. The van der Waals surface area contributed by atoms with Crippen molar-refractivity contribution < 1.29 is 19.1 Å². The molecule has 33 heavy (non-hydrogen) atoms. The summed E-state index contributed by atoms with van der Waals surface area (Å²) in [6.07, 6.45) is 5.36. The summed E-state index contributed by atoms with van der Waals surface area (Å²) in [5.41, 5.74) is 2.80. The van der Waals surface area contributed by atoms with Gasteiger partial charge in [-0.05, 0) is 50.5 Å². The second-order valence-corrected chi connectivity index (χ2v) is 10.3.